The molecule has 28 heavy (non-hydrogen) atoms. The Bertz CT molecular complexity index is 853. The number of benzene rings is 2. The van der Waals surface area contributed by atoms with Crippen molar-refractivity contribution in [3.05, 3.63) is 65.5 Å². The van der Waals surface area contributed by atoms with Crippen LogP contribution in [0.1, 0.15) is 18.4 Å². The SMILES string of the molecule is O=C(Nc1ccc(F)c(F)c1F)C(=O)NC1CCN(Cc2ccccc2)CC1. The number of likely N-dealkylation sites (tertiary alicyclic amines) is 1. The first-order valence-corrected chi connectivity index (χ1v) is 8.95. The van der Waals surface area contributed by atoms with Gasteiger partial charge in [0.05, 0.1) is 5.69 Å². The third kappa shape index (κ3) is 4.89. The normalized spacial score (nSPS) is 15.2. The third-order valence-electron chi connectivity index (χ3n) is 4.66. The molecule has 0 unspecified atom stereocenters. The smallest absolute Gasteiger partial charge is 0.313 e. The van der Waals surface area contributed by atoms with Gasteiger partial charge in [0.25, 0.3) is 0 Å². The van der Waals surface area contributed by atoms with Crippen LogP contribution >= 0.6 is 0 Å². The van der Waals surface area contributed by atoms with Gasteiger partial charge in [-0.15, -0.1) is 0 Å². The molecule has 1 heterocycles. The van der Waals surface area contributed by atoms with Crippen LogP contribution in [0.25, 0.3) is 0 Å². The molecule has 1 saturated heterocycles. The maximum Gasteiger partial charge on any atom is 0.313 e. The Kier molecular flexibility index (Phi) is 6.30. The summed E-state index contributed by atoms with van der Waals surface area (Å²) in [5, 5.41) is 4.57. The van der Waals surface area contributed by atoms with Crippen molar-refractivity contribution in [1.29, 1.82) is 0 Å². The number of hydrogen-bond donors (Lipinski definition) is 2. The van der Waals surface area contributed by atoms with E-state index in [2.05, 4.69) is 22.3 Å². The van der Waals surface area contributed by atoms with Crippen molar-refractivity contribution in [3.8, 4) is 0 Å². The molecule has 0 spiro atoms. The van der Waals surface area contributed by atoms with Crippen LogP contribution in [-0.4, -0.2) is 35.8 Å². The van der Waals surface area contributed by atoms with E-state index in [1.807, 2.05) is 23.5 Å². The zero-order valence-corrected chi connectivity index (χ0v) is 15.1. The Balaban J connectivity index is 1.47. The van der Waals surface area contributed by atoms with Gasteiger partial charge in [0.2, 0.25) is 0 Å². The quantitative estimate of drug-likeness (QED) is 0.623. The van der Waals surface area contributed by atoms with Crippen molar-refractivity contribution >= 4 is 17.5 Å². The van der Waals surface area contributed by atoms with E-state index in [1.165, 1.54) is 5.56 Å². The van der Waals surface area contributed by atoms with Gasteiger partial charge < -0.3 is 10.6 Å². The zero-order chi connectivity index (χ0) is 20.1. The lowest BCUT2D eigenvalue weighted by atomic mass is 10.0. The number of carbonyl (C=O) groups is 2. The van der Waals surface area contributed by atoms with E-state index in [9.17, 15) is 22.8 Å². The number of carbonyl (C=O) groups excluding carboxylic acids is 2. The van der Waals surface area contributed by atoms with Crippen LogP contribution in [-0.2, 0) is 16.1 Å². The maximum atomic E-state index is 13.6. The molecule has 1 fully saturated rings. The summed E-state index contributed by atoms with van der Waals surface area (Å²) in [6.07, 6.45) is 1.34. The van der Waals surface area contributed by atoms with E-state index < -0.39 is 35.0 Å². The van der Waals surface area contributed by atoms with Crippen molar-refractivity contribution in [2.75, 3.05) is 18.4 Å². The Morgan fingerprint density at radius 1 is 0.929 bits per heavy atom. The van der Waals surface area contributed by atoms with Crippen LogP contribution in [0.3, 0.4) is 0 Å². The van der Waals surface area contributed by atoms with Crippen molar-refractivity contribution in [2.45, 2.75) is 25.4 Å². The number of anilines is 1. The molecule has 2 aromatic rings. The number of halogens is 3. The summed E-state index contributed by atoms with van der Waals surface area (Å²) in [6.45, 7) is 2.34. The van der Waals surface area contributed by atoms with Crippen LogP contribution < -0.4 is 10.6 Å². The van der Waals surface area contributed by atoms with E-state index >= 15 is 0 Å². The fraction of sp³-hybridized carbons (Fsp3) is 0.300. The largest absolute Gasteiger partial charge is 0.345 e. The second-order valence-electron chi connectivity index (χ2n) is 6.69. The Hall–Kier alpha value is -2.87. The van der Waals surface area contributed by atoms with Gasteiger partial charge in [-0.25, -0.2) is 13.2 Å². The van der Waals surface area contributed by atoms with E-state index in [1.54, 1.807) is 0 Å². The highest BCUT2D eigenvalue weighted by Crippen LogP contribution is 2.19. The molecular weight excluding hydrogens is 371 g/mol. The summed E-state index contributed by atoms with van der Waals surface area (Å²) < 4.78 is 39.7. The van der Waals surface area contributed by atoms with Gasteiger partial charge in [0.15, 0.2) is 17.5 Å². The van der Waals surface area contributed by atoms with Crippen molar-refractivity contribution in [3.63, 3.8) is 0 Å². The molecule has 0 atom stereocenters. The van der Waals surface area contributed by atoms with Crippen molar-refractivity contribution in [2.24, 2.45) is 0 Å². The van der Waals surface area contributed by atoms with Gasteiger partial charge in [0.1, 0.15) is 0 Å². The molecule has 3 rings (SSSR count). The second-order valence-corrected chi connectivity index (χ2v) is 6.69. The standard InChI is InChI=1S/C20H20F3N3O2/c21-15-6-7-16(18(23)17(15)22)25-20(28)19(27)24-14-8-10-26(11-9-14)12-13-4-2-1-3-5-13/h1-7,14H,8-12H2,(H,24,27)(H,25,28). The van der Waals surface area contributed by atoms with Gasteiger partial charge in [-0.3, -0.25) is 14.5 Å². The molecule has 1 aliphatic heterocycles. The fourth-order valence-corrected chi connectivity index (χ4v) is 3.13. The van der Waals surface area contributed by atoms with Gasteiger partial charge in [-0.1, -0.05) is 30.3 Å². The minimum absolute atomic E-state index is 0.180. The molecule has 2 N–H and O–H groups in total. The molecule has 1 aliphatic rings. The minimum atomic E-state index is -1.70. The van der Waals surface area contributed by atoms with E-state index in [0.29, 0.717) is 18.9 Å². The highest BCUT2D eigenvalue weighted by atomic mass is 19.2. The van der Waals surface area contributed by atoms with Crippen LogP contribution in [0.2, 0.25) is 0 Å². The van der Waals surface area contributed by atoms with Crippen LogP contribution in [0.15, 0.2) is 42.5 Å². The first-order valence-electron chi connectivity index (χ1n) is 8.95. The summed E-state index contributed by atoms with van der Waals surface area (Å²) in [5.41, 5.74) is 0.620. The molecule has 0 bridgehead atoms. The Labute approximate surface area is 160 Å². The molecule has 0 saturated carbocycles. The number of amides is 2. The number of piperidine rings is 1. The number of rotatable bonds is 4. The molecule has 0 radical (unpaired) electrons. The number of nitrogens with one attached hydrogen (secondary N) is 2. The molecule has 0 aromatic heterocycles. The monoisotopic (exact) mass is 391 g/mol. The summed E-state index contributed by atoms with van der Waals surface area (Å²) in [7, 11) is 0. The summed E-state index contributed by atoms with van der Waals surface area (Å²) in [4.78, 5) is 26.2. The first-order chi connectivity index (χ1) is 13.4. The lowest BCUT2D eigenvalue weighted by molar-refractivity contribution is -0.136. The van der Waals surface area contributed by atoms with Gasteiger partial charge in [0, 0.05) is 25.7 Å². The summed E-state index contributed by atoms with van der Waals surface area (Å²) >= 11 is 0. The predicted octanol–water partition coefficient (Wildman–Crippen LogP) is 2.82. The topological polar surface area (TPSA) is 61.4 Å². The lowest BCUT2D eigenvalue weighted by Gasteiger charge is -2.32. The summed E-state index contributed by atoms with van der Waals surface area (Å²) in [5.74, 6) is -6.69. The summed E-state index contributed by atoms with van der Waals surface area (Å²) in [6, 6.07) is 11.4. The van der Waals surface area contributed by atoms with Crippen LogP contribution in [0, 0.1) is 17.5 Å². The highest BCUT2D eigenvalue weighted by molar-refractivity contribution is 6.39. The molecule has 5 nitrogen and oxygen atoms in total. The maximum absolute atomic E-state index is 13.6. The molecule has 148 valence electrons. The number of hydrogen-bond acceptors (Lipinski definition) is 3. The van der Waals surface area contributed by atoms with Crippen LogP contribution in [0.5, 0.6) is 0 Å². The second kappa shape index (κ2) is 8.88. The molecule has 2 aromatic carbocycles. The Morgan fingerprint density at radius 2 is 1.61 bits per heavy atom. The van der Waals surface area contributed by atoms with E-state index in [0.717, 1.165) is 25.7 Å². The van der Waals surface area contributed by atoms with Gasteiger partial charge >= 0.3 is 11.8 Å². The third-order valence-corrected chi connectivity index (χ3v) is 4.66. The van der Waals surface area contributed by atoms with Crippen LogP contribution in [0.4, 0.5) is 18.9 Å². The number of nitrogens with zero attached hydrogens (tertiary/aromatic N) is 1. The average molecular weight is 391 g/mol. The van der Waals surface area contributed by atoms with Crippen molar-refractivity contribution < 1.29 is 22.8 Å². The van der Waals surface area contributed by atoms with E-state index in [4.69, 9.17) is 0 Å². The Morgan fingerprint density at radius 3 is 2.29 bits per heavy atom. The molecular formula is C20H20F3N3O2. The molecule has 0 aliphatic carbocycles. The zero-order valence-electron chi connectivity index (χ0n) is 15.1. The predicted molar refractivity (Wildman–Crippen MR) is 97.8 cm³/mol. The van der Waals surface area contributed by atoms with Gasteiger partial charge in [-0.2, -0.15) is 0 Å². The first kappa shape index (κ1) is 19.9. The lowest BCUT2D eigenvalue weighted by Crippen LogP contribution is -2.47. The van der Waals surface area contributed by atoms with Crippen molar-refractivity contribution in [1.82, 2.24) is 10.2 Å². The van der Waals surface area contributed by atoms with E-state index in [-0.39, 0.29) is 6.04 Å². The average Bonchev–Trinajstić information content (AvgIpc) is 2.70. The fourth-order valence-electron chi connectivity index (χ4n) is 3.13. The molecule has 8 heteroatoms. The molecule has 2 amide bonds. The minimum Gasteiger partial charge on any atom is -0.345 e. The highest BCUT2D eigenvalue weighted by Gasteiger charge is 2.24. The van der Waals surface area contributed by atoms with Gasteiger partial charge in [-0.05, 0) is 30.5 Å².